The Hall–Kier alpha value is -2.04. The van der Waals surface area contributed by atoms with Gasteiger partial charge in [0, 0.05) is 5.57 Å². The molecule has 21 heavy (non-hydrogen) atoms. The summed E-state index contributed by atoms with van der Waals surface area (Å²) in [6.07, 6.45) is 5.56. The van der Waals surface area contributed by atoms with Crippen molar-refractivity contribution < 1.29 is 0 Å². The number of allylic oxidation sites excluding steroid dienone is 1. The first-order chi connectivity index (χ1) is 10.4. The van der Waals surface area contributed by atoms with Crippen LogP contribution in [0.25, 0.3) is 5.57 Å². The summed E-state index contributed by atoms with van der Waals surface area (Å²) in [7, 11) is 0. The molecular weight excluding hydrogens is 252 g/mol. The second-order valence-electron chi connectivity index (χ2n) is 6.18. The lowest BCUT2D eigenvalue weighted by Crippen LogP contribution is -1.91. The lowest BCUT2D eigenvalue weighted by molar-refractivity contribution is 0.480. The van der Waals surface area contributed by atoms with E-state index in [1.807, 2.05) is 0 Å². The van der Waals surface area contributed by atoms with Crippen molar-refractivity contribution in [3.63, 3.8) is 0 Å². The fourth-order valence-electron chi connectivity index (χ4n) is 3.67. The molecule has 2 fully saturated rings. The molecule has 0 N–H and O–H groups in total. The topological polar surface area (TPSA) is 0 Å². The molecule has 0 saturated heterocycles. The first-order valence-corrected chi connectivity index (χ1v) is 8.05. The van der Waals surface area contributed by atoms with Crippen molar-refractivity contribution in [2.75, 3.05) is 0 Å². The summed E-state index contributed by atoms with van der Waals surface area (Å²) in [5, 5.41) is 0. The average molecular weight is 272 g/mol. The predicted octanol–water partition coefficient (Wildman–Crippen LogP) is 5.46. The smallest absolute Gasteiger partial charge is 0.0309 e. The van der Waals surface area contributed by atoms with E-state index in [9.17, 15) is 0 Å². The maximum atomic E-state index is 3.80. The molecule has 0 radical (unpaired) electrons. The van der Waals surface area contributed by atoms with E-state index >= 15 is 0 Å². The molecule has 0 aromatic heterocycles. The zero-order valence-electron chi connectivity index (χ0n) is 12.3. The standard InChI is InChI=1S/C21H20/c1-3-9-16(10-4-1)20(17-11-5-2-6-12-17)15-21-18-13-7-8-14-19(18)21/h1-6,9-12,18-19H,7-8,13-14H2. The molecule has 2 unspecified atom stereocenters. The quantitative estimate of drug-likeness (QED) is 0.636. The maximum Gasteiger partial charge on any atom is 0.0309 e. The number of rotatable bonds is 2. The van der Waals surface area contributed by atoms with E-state index in [4.69, 9.17) is 0 Å². The minimum absolute atomic E-state index is 0.834. The molecule has 2 aromatic rings. The Morgan fingerprint density at radius 2 is 1.19 bits per heavy atom. The van der Waals surface area contributed by atoms with Gasteiger partial charge in [0.25, 0.3) is 0 Å². The van der Waals surface area contributed by atoms with Gasteiger partial charge in [0.1, 0.15) is 0 Å². The SMILES string of the molecule is C(=C(c1ccccc1)c1ccccc1)=C1C2CCCCC12. The highest BCUT2D eigenvalue weighted by atomic mass is 14.5. The van der Waals surface area contributed by atoms with E-state index in [0.29, 0.717) is 0 Å². The van der Waals surface area contributed by atoms with Crippen molar-refractivity contribution in [3.05, 3.63) is 83.1 Å². The van der Waals surface area contributed by atoms with E-state index in [0.717, 1.165) is 11.8 Å². The molecule has 2 aliphatic rings. The second kappa shape index (κ2) is 5.39. The van der Waals surface area contributed by atoms with Crippen LogP contribution in [0.2, 0.25) is 0 Å². The van der Waals surface area contributed by atoms with Crippen LogP contribution in [0.5, 0.6) is 0 Å². The minimum Gasteiger partial charge on any atom is -0.112 e. The molecule has 2 aliphatic carbocycles. The van der Waals surface area contributed by atoms with Crippen molar-refractivity contribution in [3.8, 4) is 0 Å². The van der Waals surface area contributed by atoms with Gasteiger partial charge in [-0.1, -0.05) is 73.5 Å². The normalized spacial score (nSPS) is 23.1. The first-order valence-electron chi connectivity index (χ1n) is 8.05. The van der Waals surface area contributed by atoms with Gasteiger partial charge in [0.15, 0.2) is 0 Å². The molecule has 104 valence electrons. The molecule has 0 heteroatoms. The lowest BCUT2D eigenvalue weighted by Gasteiger charge is -2.05. The first kappa shape index (κ1) is 12.7. The third-order valence-electron chi connectivity index (χ3n) is 4.85. The van der Waals surface area contributed by atoms with Crippen molar-refractivity contribution in [1.29, 1.82) is 0 Å². The molecular formula is C21H20. The second-order valence-corrected chi connectivity index (χ2v) is 6.18. The van der Waals surface area contributed by atoms with E-state index in [-0.39, 0.29) is 0 Å². The number of benzene rings is 2. The molecule has 0 heterocycles. The van der Waals surface area contributed by atoms with Crippen LogP contribution < -0.4 is 0 Å². The van der Waals surface area contributed by atoms with E-state index < -0.39 is 0 Å². The van der Waals surface area contributed by atoms with Gasteiger partial charge in [-0.25, -0.2) is 0 Å². The van der Waals surface area contributed by atoms with Gasteiger partial charge in [0.05, 0.1) is 0 Å². The van der Waals surface area contributed by atoms with Gasteiger partial charge in [-0.2, -0.15) is 0 Å². The Labute approximate surface area is 126 Å². The fourth-order valence-corrected chi connectivity index (χ4v) is 3.67. The highest BCUT2D eigenvalue weighted by Crippen LogP contribution is 2.54. The summed E-state index contributed by atoms with van der Waals surface area (Å²) in [5.41, 5.74) is 9.20. The van der Waals surface area contributed by atoms with Gasteiger partial charge < -0.3 is 0 Å². The van der Waals surface area contributed by atoms with Crippen LogP contribution in [-0.4, -0.2) is 0 Å². The van der Waals surface area contributed by atoms with Crippen molar-refractivity contribution in [2.45, 2.75) is 25.7 Å². The fraction of sp³-hybridized carbons (Fsp3) is 0.286. The summed E-state index contributed by atoms with van der Waals surface area (Å²) in [5.74, 6) is 1.67. The van der Waals surface area contributed by atoms with Crippen LogP contribution in [0.15, 0.2) is 72.0 Å². The Morgan fingerprint density at radius 1 is 0.714 bits per heavy atom. The Morgan fingerprint density at radius 3 is 1.67 bits per heavy atom. The molecule has 2 saturated carbocycles. The Balaban J connectivity index is 1.84. The van der Waals surface area contributed by atoms with Gasteiger partial charge in [-0.05, 0) is 41.4 Å². The third kappa shape index (κ3) is 2.48. The van der Waals surface area contributed by atoms with Crippen LogP contribution >= 0.6 is 0 Å². The predicted molar refractivity (Wildman–Crippen MR) is 87.9 cm³/mol. The summed E-state index contributed by atoms with van der Waals surface area (Å²) in [6.45, 7) is 0. The largest absolute Gasteiger partial charge is 0.112 e. The van der Waals surface area contributed by atoms with Crippen molar-refractivity contribution >= 4 is 5.57 Å². The minimum atomic E-state index is 0.834. The van der Waals surface area contributed by atoms with Crippen LogP contribution in [0.4, 0.5) is 0 Å². The van der Waals surface area contributed by atoms with Crippen LogP contribution in [0.3, 0.4) is 0 Å². The van der Waals surface area contributed by atoms with Crippen LogP contribution in [-0.2, 0) is 0 Å². The Bertz CT molecular complexity index is 632. The third-order valence-corrected chi connectivity index (χ3v) is 4.85. The molecule has 0 bridgehead atoms. The average Bonchev–Trinajstić information content (AvgIpc) is 3.27. The van der Waals surface area contributed by atoms with Gasteiger partial charge >= 0.3 is 0 Å². The molecule has 0 spiro atoms. The van der Waals surface area contributed by atoms with E-state index in [1.54, 1.807) is 5.57 Å². The number of fused-ring (bicyclic) bond motifs is 1. The van der Waals surface area contributed by atoms with Gasteiger partial charge in [-0.3, -0.25) is 0 Å². The highest BCUT2D eigenvalue weighted by Gasteiger charge is 2.45. The highest BCUT2D eigenvalue weighted by molar-refractivity contribution is 5.80. The van der Waals surface area contributed by atoms with Crippen LogP contribution in [0, 0.1) is 11.8 Å². The molecule has 0 nitrogen and oxygen atoms in total. The summed E-state index contributed by atoms with van der Waals surface area (Å²) in [4.78, 5) is 0. The van der Waals surface area contributed by atoms with E-state index in [2.05, 4.69) is 66.4 Å². The summed E-state index contributed by atoms with van der Waals surface area (Å²) in [6, 6.07) is 21.4. The lowest BCUT2D eigenvalue weighted by atomic mass is 9.98. The monoisotopic (exact) mass is 272 g/mol. The number of hydrogen-bond acceptors (Lipinski definition) is 0. The molecule has 4 rings (SSSR count). The molecule has 0 amide bonds. The number of hydrogen-bond donors (Lipinski definition) is 0. The van der Waals surface area contributed by atoms with Gasteiger partial charge in [-0.15, -0.1) is 5.73 Å². The maximum absolute atomic E-state index is 3.80. The molecule has 0 aliphatic heterocycles. The Kier molecular flexibility index (Phi) is 3.25. The molecule has 2 aromatic carbocycles. The van der Waals surface area contributed by atoms with Gasteiger partial charge in [0.2, 0.25) is 0 Å². The summed E-state index contributed by atoms with van der Waals surface area (Å²) >= 11 is 0. The van der Waals surface area contributed by atoms with Crippen molar-refractivity contribution in [2.24, 2.45) is 11.8 Å². The van der Waals surface area contributed by atoms with E-state index in [1.165, 1.54) is 42.4 Å². The molecule has 2 atom stereocenters. The zero-order valence-corrected chi connectivity index (χ0v) is 12.3. The van der Waals surface area contributed by atoms with Crippen LogP contribution in [0.1, 0.15) is 36.8 Å². The zero-order chi connectivity index (χ0) is 14.1. The summed E-state index contributed by atoms with van der Waals surface area (Å²) < 4.78 is 0. The van der Waals surface area contributed by atoms with Crippen molar-refractivity contribution in [1.82, 2.24) is 0 Å².